The van der Waals surface area contributed by atoms with Crippen LogP contribution in [0.3, 0.4) is 0 Å². The third-order valence-electron chi connectivity index (χ3n) is 7.65. The highest BCUT2D eigenvalue weighted by Gasteiger charge is 2.22. The number of likely N-dealkylation sites (N-methyl/N-ethyl adjacent to an activating group) is 1. The molecule has 0 radical (unpaired) electrons. The zero-order valence-corrected chi connectivity index (χ0v) is 24.8. The fraction of sp³-hybridized carbons (Fsp3) is 0.258. The molecule has 0 unspecified atom stereocenters. The second-order valence-corrected chi connectivity index (χ2v) is 10.5. The van der Waals surface area contributed by atoms with Gasteiger partial charge in [-0.3, -0.25) is 9.69 Å². The van der Waals surface area contributed by atoms with Crippen LogP contribution in [-0.2, 0) is 4.79 Å². The Morgan fingerprint density at radius 3 is 2.70 bits per heavy atom. The molecular formula is C31H32FN9O3. The molecule has 0 saturated carbocycles. The van der Waals surface area contributed by atoms with Crippen molar-refractivity contribution < 1.29 is 18.7 Å². The molecule has 12 nitrogen and oxygen atoms in total. The lowest BCUT2D eigenvalue weighted by Gasteiger charge is -2.17. The van der Waals surface area contributed by atoms with E-state index < -0.39 is 11.7 Å². The molecule has 3 aromatic heterocycles. The van der Waals surface area contributed by atoms with Gasteiger partial charge in [-0.1, -0.05) is 0 Å². The first-order chi connectivity index (χ1) is 21.3. The molecule has 6 rings (SSSR count). The molecule has 0 bridgehead atoms. The Balaban J connectivity index is 1.28. The lowest BCUT2D eigenvalue weighted by molar-refractivity contribution is -0.114. The number of carbonyl (C=O) groups excluding carboxylic acids is 1. The summed E-state index contributed by atoms with van der Waals surface area (Å²) in [6.45, 7) is 2.80. The molecule has 3 N–H and O–H groups in total. The van der Waals surface area contributed by atoms with Gasteiger partial charge in [0.2, 0.25) is 0 Å². The average molecular weight is 598 g/mol. The van der Waals surface area contributed by atoms with Crippen LogP contribution in [0.1, 0.15) is 18.4 Å². The van der Waals surface area contributed by atoms with Crippen molar-refractivity contribution in [1.29, 1.82) is 0 Å². The number of methoxy groups -OCH3 is 1. The minimum atomic E-state index is -0.822. The summed E-state index contributed by atoms with van der Waals surface area (Å²) in [5.41, 5.74) is 3.74. The predicted molar refractivity (Wildman–Crippen MR) is 167 cm³/mol. The summed E-state index contributed by atoms with van der Waals surface area (Å²) in [6, 6.07) is 10.7. The van der Waals surface area contributed by atoms with E-state index in [2.05, 4.69) is 36.0 Å². The van der Waals surface area contributed by atoms with Gasteiger partial charge >= 0.3 is 0 Å². The van der Waals surface area contributed by atoms with Gasteiger partial charge in [-0.2, -0.15) is 5.10 Å². The lowest BCUT2D eigenvalue weighted by Crippen LogP contribution is -2.24. The number of aromatic nitrogens is 5. The SMILES string of the molecule is CNc1cc2ncnc(Nc3cc(C)c(Oc4ccn5ncnc5c4)cc3OC)c2cc1NC(=O)/C(F)=C\[C@H]1CCCN1C. The minimum absolute atomic E-state index is 0.0990. The van der Waals surface area contributed by atoms with Crippen molar-refractivity contribution in [3.05, 3.63) is 72.7 Å². The number of benzene rings is 2. The van der Waals surface area contributed by atoms with E-state index in [0.717, 1.165) is 24.9 Å². The average Bonchev–Trinajstić information content (AvgIpc) is 3.66. The van der Waals surface area contributed by atoms with Gasteiger partial charge in [0.15, 0.2) is 11.5 Å². The zero-order valence-electron chi connectivity index (χ0n) is 24.8. The maximum Gasteiger partial charge on any atom is 0.284 e. The van der Waals surface area contributed by atoms with Crippen molar-refractivity contribution >= 4 is 45.3 Å². The predicted octanol–water partition coefficient (Wildman–Crippen LogP) is 5.45. The highest BCUT2D eigenvalue weighted by atomic mass is 19.1. The van der Waals surface area contributed by atoms with Crippen LogP contribution >= 0.6 is 0 Å². The van der Waals surface area contributed by atoms with Crippen molar-refractivity contribution in [1.82, 2.24) is 29.5 Å². The van der Waals surface area contributed by atoms with Crippen LogP contribution in [0, 0.1) is 6.92 Å². The Morgan fingerprint density at radius 2 is 1.93 bits per heavy atom. The van der Waals surface area contributed by atoms with Gasteiger partial charge in [0.05, 0.1) is 29.7 Å². The highest BCUT2D eigenvalue weighted by Crippen LogP contribution is 2.38. The topological polar surface area (TPSA) is 131 Å². The van der Waals surface area contributed by atoms with Gasteiger partial charge in [0.25, 0.3) is 5.91 Å². The summed E-state index contributed by atoms with van der Waals surface area (Å²) in [4.78, 5) is 27.9. The van der Waals surface area contributed by atoms with Crippen molar-refractivity contribution in [2.24, 2.45) is 0 Å². The second-order valence-electron chi connectivity index (χ2n) is 10.5. The number of amides is 1. The van der Waals surface area contributed by atoms with E-state index in [0.29, 0.717) is 56.7 Å². The molecule has 1 aliphatic rings. The fourth-order valence-electron chi connectivity index (χ4n) is 5.25. The summed E-state index contributed by atoms with van der Waals surface area (Å²) in [7, 11) is 5.21. The number of rotatable bonds is 9. The van der Waals surface area contributed by atoms with Crippen molar-refractivity contribution in [2.45, 2.75) is 25.8 Å². The number of likely N-dealkylation sites (tertiary alicyclic amines) is 1. The van der Waals surface area contributed by atoms with Crippen LogP contribution in [0.2, 0.25) is 0 Å². The number of halogens is 1. The Bertz CT molecular complexity index is 1890. The molecule has 4 heterocycles. The van der Waals surface area contributed by atoms with Gasteiger partial charge < -0.3 is 25.4 Å². The van der Waals surface area contributed by atoms with Gasteiger partial charge in [-0.15, -0.1) is 0 Å². The molecule has 13 heteroatoms. The number of hydrogen-bond donors (Lipinski definition) is 3. The molecule has 1 fully saturated rings. The molecular weight excluding hydrogens is 565 g/mol. The van der Waals surface area contributed by atoms with E-state index in [1.165, 1.54) is 18.7 Å². The first-order valence-electron chi connectivity index (χ1n) is 14.1. The third kappa shape index (κ3) is 5.81. The van der Waals surface area contributed by atoms with E-state index in [1.807, 2.05) is 24.9 Å². The summed E-state index contributed by atoms with van der Waals surface area (Å²) in [5, 5.41) is 13.8. The summed E-state index contributed by atoms with van der Waals surface area (Å²) in [6.07, 6.45) is 7.86. The monoisotopic (exact) mass is 597 g/mol. The number of nitrogens with zero attached hydrogens (tertiary/aromatic N) is 6. The molecule has 1 aliphatic heterocycles. The number of hydrogen-bond acceptors (Lipinski definition) is 10. The first-order valence-corrected chi connectivity index (χ1v) is 14.1. The maximum atomic E-state index is 14.9. The minimum Gasteiger partial charge on any atom is -0.494 e. The number of ether oxygens (including phenoxy) is 2. The molecule has 0 aliphatic carbocycles. The van der Waals surface area contributed by atoms with Crippen LogP contribution in [0.4, 0.5) is 27.3 Å². The van der Waals surface area contributed by atoms with Crippen molar-refractivity contribution in [3.8, 4) is 17.2 Å². The Hall–Kier alpha value is -5.30. The van der Waals surface area contributed by atoms with Gasteiger partial charge in [-0.25, -0.2) is 23.9 Å². The summed E-state index contributed by atoms with van der Waals surface area (Å²) in [5.74, 6) is 0.563. The highest BCUT2D eigenvalue weighted by molar-refractivity contribution is 6.07. The van der Waals surface area contributed by atoms with E-state index >= 15 is 0 Å². The number of aryl methyl sites for hydroxylation is 1. The third-order valence-corrected chi connectivity index (χ3v) is 7.65. The van der Waals surface area contributed by atoms with Gasteiger partial charge in [-0.05, 0) is 69.3 Å². The molecule has 1 amide bonds. The van der Waals surface area contributed by atoms with Crippen LogP contribution in [0.5, 0.6) is 17.2 Å². The standard InChI is InChI=1S/C31H32FN9O3/c1-18-10-26(28(43-4)15-27(18)44-20-7-9-41-29(12-20)35-17-37-41)38-30-21-13-25(24(33-2)14-23(21)34-16-36-30)39-31(42)22(32)11-19-6-5-8-40(19)3/h7,9-17,19,33H,5-6,8H2,1-4H3,(H,39,42)(H,34,36,38)/b22-11+/t19-/m1/s1. The van der Waals surface area contributed by atoms with E-state index in [-0.39, 0.29) is 6.04 Å². The van der Waals surface area contributed by atoms with E-state index in [1.54, 1.807) is 55.2 Å². The number of nitrogens with one attached hydrogen (secondary N) is 3. The van der Waals surface area contributed by atoms with E-state index in [9.17, 15) is 9.18 Å². The molecule has 1 saturated heterocycles. The number of carbonyl (C=O) groups is 1. The second kappa shape index (κ2) is 12.1. The van der Waals surface area contributed by atoms with Crippen LogP contribution in [-0.4, -0.2) is 69.2 Å². The number of anilines is 4. The summed E-state index contributed by atoms with van der Waals surface area (Å²) >= 11 is 0. The summed E-state index contributed by atoms with van der Waals surface area (Å²) < 4.78 is 28.4. The Labute approximate surface area is 252 Å². The number of pyridine rings is 1. The molecule has 0 spiro atoms. The Morgan fingerprint density at radius 1 is 1.07 bits per heavy atom. The van der Waals surface area contributed by atoms with Crippen LogP contribution in [0.15, 0.2) is 67.2 Å². The zero-order chi connectivity index (χ0) is 30.8. The van der Waals surface area contributed by atoms with Gasteiger partial charge in [0.1, 0.15) is 35.7 Å². The normalized spacial score (nSPS) is 15.5. The van der Waals surface area contributed by atoms with Gasteiger partial charge in [0, 0.05) is 36.8 Å². The molecule has 2 aromatic carbocycles. The largest absolute Gasteiger partial charge is 0.494 e. The van der Waals surface area contributed by atoms with Crippen LogP contribution in [0.25, 0.3) is 16.6 Å². The van der Waals surface area contributed by atoms with E-state index in [4.69, 9.17) is 9.47 Å². The molecule has 226 valence electrons. The maximum absolute atomic E-state index is 14.9. The van der Waals surface area contributed by atoms with Crippen LogP contribution < -0.4 is 25.4 Å². The van der Waals surface area contributed by atoms with Crippen molar-refractivity contribution in [2.75, 3.05) is 43.7 Å². The molecule has 5 aromatic rings. The quantitative estimate of drug-likeness (QED) is 0.189. The molecule has 1 atom stereocenters. The smallest absolute Gasteiger partial charge is 0.284 e. The Kier molecular flexibility index (Phi) is 7.94. The first kappa shape index (κ1) is 28.8. The fourth-order valence-corrected chi connectivity index (χ4v) is 5.25. The lowest BCUT2D eigenvalue weighted by atomic mass is 10.1. The van der Waals surface area contributed by atoms with Crippen molar-refractivity contribution in [3.63, 3.8) is 0 Å². The molecule has 44 heavy (non-hydrogen) atoms. The number of fused-ring (bicyclic) bond motifs is 2.